The Hall–Kier alpha value is -1.68. The van der Waals surface area contributed by atoms with Crippen LogP contribution in [0, 0.1) is 0 Å². The predicted molar refractivity (Wildman–Crippen MR) is 90.8 cm³/mol. The van der Waals surface area contributed by atoms with Gasteiger partial charge in [0, 0.05) is 16.3 Å². The predicted octanol–water partition coefficient (Wildman–Crippen LogP) is 4.54. The lowest BCUT2D eigenvalue weighted by Crippen LogP contribution is -2.11. The SMILES string of the molecule is CCCOC(=O)Oc1ccc2cccc([S+]3CCCC3)c2c1. The van der Waals surface area contributed by atoms with Gasteiger partial charge >= 0.3 is 6.16 Å². The van der Waals surface area contributed by atoms with Crippen molar-refractivity contribution >= 4 is 27.8 Å². The molecule has 0 amide bonds. The van der Waals surface area contributed by atoms with Crippen LogP contribution in [0.4, 0.5) is 4.79 Å². The van der Waals surface area contributed by atoms with Crippen molar-refractivity contribution in [3.05, 3.63) is 36.4 Å². The lowest BCUT2D eigenvalue weighted by molar-refractivity contribution is 0.0992. The zero-order valence-electron chi connectivity index (χ0n) is 12.8. The van der Waals surface area contributed by atoms with E-state index < -0.39 is 6.16 Å². The molecule has 0 saturated carbocycles. The van der Waals surface area contributed by atoms with Gasteiger partial charge in [0.25, 0.3) is 0 Å². The molecule has 0 atom stereocenters. The number of benzene rings is 2. The molecular formula is C18H21O3S+. The molecule has 0 bridgehead atoms. The number of fused-ring (bicyclic) bond motifs is 1. The van der Waals surface area contributed by atoms with E-state index in [0.29, 0.717) is 23.3 Å². The molecule has 0 radical (unpaired) electrons. The molecule has 1 fully saturated rings. The van der Waals surface area contributed by atoms with Crippen LogP contribution in [0.2, 0.25) is 0 Å². The third-order valence-corrected chi connectivity index (χ3v) is 6.32. The summed E-state index contributed by atoms with van der Waals surface area (Å²) in [6.07, 6.45) is 2.81. The second kappa shape index (κ2) is 7.05. The second-order valence-electron chi connectivity index (χ2n) is 5.45. The molecule has 0 aliphatic carbocycles. The Balaban J connectivity index is 1.87. The molecule has 4 heteroatoms. The molecule has 3 nitrogen and oxygen atoms in total. The summed E-state index contributed by atoms with van der Waals surface area (Å²) in [7, 11) is 0.337. The van der Waals surface area contributed by atoms with Crippen LogP contribution < -0.4 is 4.74 Å². The number of hydrogen-bond acceptors (Lipinski definition) is 3. The Morgan fingerprint density at radius 1 is 1.18 bits per heavy atom. The van der Waals surface area contributed by atoms with E-state index >= 15 is 0 Å². The molecule has 116 valence electrons. The lowest BCUT2D eigenvalue weighted by Gasteiger charge is -2.08. The molecule has 1 aliphatic heterocycles. The number of hydrogen-bond donors (Lipinski definition) is 0. The number of rotatable bonds is 4. The van der Waals surface area contributed by atoms with Gasteiger partial charge in [0.15, 0.2) is 4.90 Å². The zero-order valence-corrected chi connectivity index (χ0v) is 13.7. The summed E-state index contributed by atoms with van der Waals surface area (Å²) in [5.41, 5.74) is 0. The summed E-state index contributed by atoms with van der Waals surface area (Å²) < 4.78 is 10.3. The Morgan fingerprint density at radius 2 is 2.00 bits per heavy atom. The average Bonchev–Trinajstić information content (AvgIpc) is 3.06. The van der Waals surface area contributed by atoms with Crippen molar-refractivity contribution < 1.29 is 14.3 Å². The first-order valence-electron chi connectivity index (χ1n) is 7.83. The van der Waals surface area contributed by atoms with Gasteiger partial charge in [-0.2, -0.15) is 0 Å². The highest BCUT2D eigenvalue weighted by molar-refractivity contribution is 7.97. The largest absolute Gasteiger partial charge is 0.513 e. The van der Waals surface area contributed by atoms with Crippen molar-refractivity contribution in [1.82, 2.24) is 0 Å². The minimum Gasteiger partial charge on any atom is -0.434 e. The first-order valence-corrected chi connectivity index (χ1v) is 9.39. The van der Waals surface area contributed by atoms with Crippen LogP contribution in [-0.4, -0.2) is 24.3 Å². The van der Waals surface area contributed by atoms with Gasteiger partial charge in [0.1, 0.15) is 17.3 Å². The summed E-state index contributed by atoms with van der Waals surface area (Å²) >= 11 is 0. The lowest BCUT2D eigenvalue weighted by atomic mass is 10.1. The molecule has 0 spiro atoms. The van der Waals surface area contributed by atoms with Gasteiger partial charge < -0.3 is 9.47 Å². The smallest absolute Gasteiger partial charge is 0.434 e. The van der Waals surface area contributed by atoms with Crippen molar-refractivity contribution in [3.8, 4) is 5.75 Å². The molecule has 3 rings (SSSR count). The minimum absolute atomic E-state index is 0.337. The first kappa shape index (κ1) is 15.2. The van der Waals surface area contributed by atoms with Gasteiger partial charge in [0.05, 0.1) is 6.61 Å². The monoisotopic (exact) mass is 317 g/mol. The Bertz CT molecular complexity index is 662. The molecule has 0 N–H and O–H groups in total. The zero-order chi connectivity index (χ0) is 15.4. The molecule has 0 unspecified atom stereocenters. The third-order valence-electron chi connectivity index (χ3n) is 3.78. The molecule has 22 heavy (non-hydrogen) atoms. The van der Waals surface area contributed by atoms with Gasteiger partial charge in [-0.1, -0.05) is 25.1 Å². The van der Waals surface area contributed by atoms with E-state index in [1.54, 1.807) is 0 Å². The van der Waals surface area contributed by atoms with Crippen LogP contribution in [0.5, 0.6) is 5.75 Å². The topological polar surface area (TPSA) is 35.5 Å². The van der Waals surface area contributed by atoms with E-state index in [9.17, 15) is 4.79 Å². The van der Waals surface area contributed by atoms with Crippen LogP contribution in [0.1, 0.15) is 26.2 Å². The number of carbonyl (C=O) groups excluding carboxylic acids is 1. The van der Waals surface area contributed by atoms with E-state index in [1.165, 1.54) is 40.0 Å². The molecule has 1 saturated heterocycles. The molecule has 2 aromatic carbocycles. The Morgan fingerprint density at radius 3 is 2.77 bits per heavy atom. The standard InChI is InChI=1S/C18H21O3S/c1-2-10-20-18(19)21-15-9-8-14-6-5-7-17(16(14)13-15)22-11-3-4-12-22/h5-9,13H,2-4,10-12H2,1H3/q+1. The third kappa shape index (κ3) is 3.38. The molecular weight excluding hydrogens is 296 g/mol. The summed E-state index contributed by atoms with van der Waals surface area (Å²) in [4.78, 5) is 13.0. The summed E-state index contributed by atoms with van der Waals surface area (Å²) in [5, 5.41) is 2.40. The maximum Gasteiger partial charge on any atom is 0.513 e. The van der Waals surface area contributed by atoms with Crippen LogP contribution in [0.25, 0.3) is 10.8 Å². The molecule has 2 aromatic rings. The second-order valence-corrected chi connectivity index (χ2v) is 7.69. The quantitative estimate of drug-likeness (QED) is 0.472. The molecule has 1 heterocycles. The van der Waals surface area contributed by atoms with Gasteiger partial charge in [-0.3, -0.25) is 0 Å². The van der Waals surface area contributed by atoms with E-state index in [4.69, 9.17) is 9.47 Å². The van der Waals surface area contributed by atoms with Crippen molar-refractivity contribution in [1.29, 1.82) is 0 Å². The molecule has 1 aliphatic rings. The summed E-state index contributed by atoms with van der Waals surface area (Å²) in [6, 6.07) is 12.3. The van der Waals surface area contributed by atoms with Crippen molar-refractivity contribution in [2.75, 3.05) is 18.1 Å². The fourth-order valence-electron chi connectivity index (χ4n) is 2.72. The average molecular weight is 317 g/mol. The highest BCUT2D eigenvalue weighted by Crippen LogP contribution is 2.32. The highest BCUT2D eigenvalue weighted by atomic mass is 32.2. The highest BCUT2D eigenvalue weighted by Gasteiger charge is 2.28. The van der Waals surface area contributed by atoms with Gasteiger partial charge in [-0.25, -0.2) is 4.79 Å². The van der Waals surface area contributed by atoms with Crippen LogP contribution in [0.3, 0.4) is 0 Å². The first-order chi connectivity index (χ1) is 10.8. The van der Waals surface area contributed by atoms with E-state index in [0.717, 1.165) is 6.42 Å². The molecule has 0 aromatic heterocycles. The van der Waals surface area contributed by atoms with Gasteiger partial charge in [-0.15, -0.1) is 0 Å². The van der Waals surface area contributed by atoms with Crippen molar-refractivity contribution in [3.63, 3.8) is 0 Å². The Kier molecular flexibility index (Phi) is 4.88. The van der Waals surface area contributed by atoms with E-state index in [-0.39, 0.29) is 0 Å². The normalized spacial score (nSPS) is 15.1. The van der Waals surface area contributed by atoms with Crippen LogP contribution >= 0.6 is 0 Å². The van der Waals surface area contributed by atoms with Crippen LogP contribution in [-0.2, 0) is 15.6 Å². The maximum absolute atomic E-state index is 11.6. The van der Waals surface area contributed by atoms with E-state index in [1.807, 2.05) is 25.1 Å². The van der Waals surface area contributed by atoms with Crippen molar-refractivity contribution in [2.24, 2.45) is 0 Å². The van der Waals surface area contributed by atoms with Gasteiger partial charge in [-0.05, 0) is 42.8 Å². The summed E-state index contributed by atoms with van der Waals surface area (Å²) in [5.74, 6) is 3.12. The number of carbonyl (C=O) groups is 1. The fourth-order valence-corrected chi connectivity index (χ4v) is 5.23. The van der Waals surface area contributed by atoms with Gasteiger partial charge in [0.2, 0.25) is 0 Å². The minimum atomic E-state index is -0.623. The maximum atomic E-state index is 11.6. The summed E-state index contributed by atoms with van der Waals surface area (Å²) in [6.45, 7) is 2.35. The van der Waals surface area contributed by atoms with Crippen LogP contribution in [0.15, 0.2) is 41.3 Å². The Labute approximate surface area is 134 Å². The fraction of sp³-hybridized carbons (Fsp3) is 0.389. The van der Waals surface area contributed by atoms with E-state index in [2.05, 4.69) is 18.2 Å². The number of ether oxygens (including phenoxy) is 2. The van der Waals surface area contributed by atoms with Crippen molar-refractivity contribution in [2.45, 2.75) is 31.1 Å².